The Hall–Kier alpha value is -4.97. The van der Waals surface area contributed by atoms with Crippen molar-refractivity contribution in [2.45, 2.75) is 27.1 Å². The van der Waals surface area contributed by atoms with Crippen LogP contribution in [0.25, 0.3) is 5.69 Å². The van der Waals surface area contributed by atoms with Crippen LogP contribution in [0.2, 0.25) is 10.0 Å². The molecule has 5 rings (SSSR count). The molecular formula is C33H26Cl2N4O4. The Morgan fingerprint density at radius 1 is 0.953 bits per heavy atom. The zero-order chi connectivity index (χ0) is 30.3. The summed E-state index contributed by atoms with van der Waals surface area (Å²) in [5.41, 5.74) is 7.55. The van der Waals surface area contributed by atoms with E-state index in [4.69, 9.17) is 37.1 Å². The van der Waals surface area contributed by atoms with E-state index in [0.717, 1.165) is 17.1 Å². The number of furan rings is 1. The highest BCUT2D eigenvalue weighted by Gasteiger charge is 2.13. The van der Waals surface area contributed by atoms with Gasteiger partial charge in [-0.25, -0.2) is 5.43 Å². The molecule has 10 heteroatoms. The highest BCUT2D eigenvalue weighted by molar-refractivity contribution is 6.37. The van der Waals surface area contributed by atoms with Gasteiger partial charge < -0.3 is 18.5 Å². The first-order valence-electron chi connectivity index (χ1n) is 13.2. The van der Waals surface area contributed by atoms with E-state index >= 15 is 0 Å². The molecule has 5 aromatic rings. The smallest absolute Gasteiger partial charge is 0.307 e. The molecule has 3 aromatic carbocycles. The summed E-state index contributed by atoms with van der Waals surface area (Å²) in [5, 5.41) is 13.8. The summed E-state index contributed by atoms with van der Waals surface area (Å²) >= 11 is 12.8. The third-order valence-corrected chi connectivity index (χ3v) is 7.10. The Kier molecular flexibility index (Phi) is 9.16. The quantitative estimate of drug-likeness (QED) is 0.128. The third-order valence-electron chi connectivity index (χ3n) is 6.54. The number of hydrogen-bond donors (Lipinski definition) is 1. The number of hydrazone groups is 1. The number of nitrogens with zero attached hydrogens (tertiary/aromatic N) is 3. The Bertz CT molecular complexity index is 1790. The molecule has 8 nitrogen and oxygen atoms in total. The molecule has 216 valence electrons. The number of nitriles is 1. The van der Waals surface area contributed by atoms with Gasteiger partial charge in [-0.05, 0) is 86.1 Å². The molecule has 0 spiro atoms. The summed E-state index contributed by atoms with van der Waals surface area (Å²) in [7, 11) is 0. The van der Waals surface area contributed by atoms with Gasteiger partial charge in [0.25, 0.3) is 0 Å². The Morgan fingerprint density at radius 3 is 2.35 bits per heavy atom. The fourth-order valence-corrected chi connectivity index (χ4v) is 5.03. The van der Waals surface area contributed by atoms with Crippen molar-refractivity contribution < 1.29 is 18.7 Å². The first-order valence-corrected chi connectivity index (χ1v) is 14.0. The van der Waals surface area contributed by atoms with Crippen molar-refractivity contribution in [2.75, 3.05) is 0 Å². The molecule has 0 fully saturated rings. The van der Waals surface area contributed by atoms with Crippen molar-refractivity contribution >= 4 is 35.3 Å². The summed E-state index contributed by atoms with van der Waals surface area (Å²) in [5.74, 6) is 1.00. The average Bonchev–Trinajstić information content (AvgIpc) is 3.62. The lowest BCUT2D eigenvalue weighted by molar-refractivity contribution is 0.0923. The van der Waals surface area contributed by atoms with Crippen molar-refractivity contribution in [3.8, 4) is 23.3 Å². The number of hydrogen-bond acceptors (Lipinski definition) is 6. The van der Waals surface area contributed by atoms with Gasteiger partial charge in [-0.15, -0.1) is 0 Å². The molecule has 0 atom stereocenters. The van der Waals surface area contributed by atoms with E-state index in [1.807, 2.05) is 30.3 Å². The first-order chi connectivity index (χ1) is 20.8. The number of rotatable bonds is 10. The summed E-state index contributed by atoms with van der Waals surface area (Å²) in [6.45, 7) is 4.41. The zero-order valence-corrected chi connectivity index (χ0v) is 24.8. The van der Waals surface area contributed by atoms with Gasteiger partial charge in [0.1, 0.15) is 24.7 Å². The van der Waals surface area contributed by atoms with Crippen LogP contribution in [0.15, 0.2) is 94.4 Å². The SMILES string of the molecule is Cc1ccc(C)n1-c1ccc(OCc2ccc(C(=O)N/N=C/c3cc(Cl)c(OCc4ccccc4C#N)c(Cl)c3)o2)cc1. The molecule has 43 heavy (non-hydrogen) atoms. The Morgan fingerprint density at radius 2 is 1.65 bits per heavy atom. The molecule has 1 amide bonds. The van der Waals surface area contributed by atoms with Crippen LogP contribution in [0.5, 0.6) is 11.5 Å². The second-order valence-electron chi connectivity index (χ2n) is 9.57. The van der Waals surface area contributed by atoms with Crippen LogP contribution in [0, 0.1) is 25.2 Å². The highest BCUT2D eigenvalue weighted by Crippen LogP contribution is 2.34. The lowest BCUT2D eigenvalue weighted by Gasteiger charge is -2.11. The molecule has 2 aromatic heterocycles. The topological polar surface area (TPSA) is 102 Å². The van der Waals surface area contributed by atoms with Gasteiger partial charge in [-0.2, -0.15) is 10.4 Å². The van der Waals surface area contributed by atoms with E-state index < -0.39 is 5.91 Å². The summed E-state index contributed by atoms with van der Waals surface area (Å²) in [6, 6.07) is 27.6. The number of aromatic nitrogens is 1. The third kappa shape index (κ3) is 7.09. The Balaban J connectivity index is 1.13. The van der Waals surface area contributed by atoms with Crippen molar-refractivity contribution in [2.24, 2.45) is 5.10 Å². The molecule has 0 saturated heterocycles. The molecule has 0 aliphatic heterocycles. The Labute approximate surface area is 258 Å². The van der Waals surface area contributed by atoms with Gasteiger partial charge >= 0.3 is 5.91 Å². The van der Waals surface area contributed by atoms with E-state index in [-0.39, 0.29) is 34.8 Å². The van der Waals surface area contributed by atoms with Crippen molar-refractivity contribution in [3.05, 3.63) is 135 Å². The number of carbonyl (C=O) groups excluding carboxylic acids is 1. The van der Waals surface area contributed by atoms with Crippen molar-refractivity contribution in [1.82, 2.24) is 9.99 Å². The van der Waals surface area contributed by atoms with Crippen molar-refractivity contribution in [3.63, 3.8) is 0 Å². The summed E-state index contributed by atoms with van der Waals surface area (Å²) < 4.78 is 19.4. The van der Waals surface area contributed by atoms with Crippen LogP contribution in [-0.4, -0.2) is 16.7 Å². The second-order valence-corrected chi connectivity index (χ2v) is 10.4. The van der Waals surface area contributed by atoms with Gasteiger partial charge in [-0.3, -0.25) is 4.79 Å². The molecular weight excluding hydrogens is 587 g/mol. The fraction of sp³-hybridized carbons (Fsp3) is 0.121. The van der Waals surface area contributed by atoms with Crippen LogP contribution >= 0.6 is 23.2 Å². The van der Waals surface area contributed by atoms with Crippen LogP contribution in [0.3, 0.4) is 0 Å². The van der Waals surface area contributed by atoms with Gasteiger partial charge in [0.2, 0.25) is 0 Å². The van der Waals surface area contributed by atoms with Crippen molar-refractivity contribution in [1.29, 1.82) is 5.26 Å². The van der Waals surface area contributed by atoms with E-state index in [9.17, 15) is 10.1 Å². The molecule has 0 aliphatic rings. The summed E-state index contributed by atoms with van der Waals surface area (Å²) in [6.07, 6.45) is 1.40. The molecule has 0 saturated carbocycles. The zero-order valence-electron chi connectivity index (χ0n) is 23.3. The van der Waals surface area contributed by atoms with E-state index in [0.29, 0.717) is 28.2 Å². The molecule has 0 radical (unpaired) electrons. The lowest BCUT2D eigenvalue weighted by atomic mass is 10.1. The van der Waals surface area contributed by atoms with Gasteiger partial charge in [-0.1, -0.05) is 41.4 Å². The van der Waals surface area contributed by atoms with E-state index in [1.165, 1.54) is 6.21 Å². The largest absolute Gasteiger partial charge is 0.486 e. The number of ether oxygens (including phenoxy) is 2. The van der Waals surface area contributed by atoms with Gasteiger partial charge in [0.05, 0.1) is 27.9 Å². The fourth-order valence-electron chi connectivity index (χ4n) is 4.42. The molecule has 0 unspecified atom stereocenters. The van der Waals surface area contributed by atoms with Crippen LogP contribution < -0.4 is 14.9 Å². The van der Waals surface area contributed by atoms with Gasteiger partial charge in [0, 0.05) is 22.6 Å². The predicted octanol–water partition coefficient (Wildman–Crippen LogP) is 7.79. The second kappa shape index (κ2) is 13.3. The van der Waals surface area contributed by atoms with Gasteiger partial charge in [0.15, 0.2) is 11.5 Å². The maximum atomic E-state index is 12.5. The molecule has 1 N–H and O–H groups in total. The lowest BCUT2D eigenvalue weighted by Crippen LogP contribution is -2.16. The average molecular weight is 614 g/mol. The molecule has 2 heterocycles. The van der Waals surface area contributed by atoms with Crippen LogP contribution in [-0.2, 0) is 13.2 Å². The minimum atomic E-state index is -0.530. The number of aryl methyl sites for hydroxylation is 2. The summed E-state index contributed by atoms with van der Waals surface area (Å²) in [4.78, 5) is 12.5. The number of carbonyl (C=O) groups is 1. The number of amides is 1. The monoisotopic (exact) mass is 612 g/mol. The molecule has 0 aliphatic carbocycles. The highest BCUT2D eigenvalue weighted by atomic mass is 35.5. The first kappa shape index (κ1) is 29.5. The van der Waals surface area contributed by atoms with Crippen LogP contribution in [0.1, 0.15) is 44.4 Å². The molecule has 0 bridgehead atoms. The number of benzene rings is 3. The van der Waals surface area contributed by atoms with E-state index in [2.05, 4.69) is 47.1 Å². The minimum Gasteiger partial charge on any atom is -0.486 e. The number of nitrogens with one attached hydrogen (secondary N) is 1. The maximum Gasteiger partial charge on any atom is 0.307 e. The maximum absolute atomic E-state index is 12.5. The standard InChI is InChI=1S/C33H26Cl2N4O4/c1-21-7-8-22(2)39(21)26-9-11-27(12-10-26)41-20-28-13-14-31(43-28)33(40)38-37-18-23-15-29(34)32(30(35)16-23)42-19-25-6-4-3-5-24(25)17-36/h3-16,18H,19-20H2,1-2H3,(H,38,40)/b37-18+. The normalized spacial score (nSPS) is 11.0. The van der Waals surface area contributed by atoms with Crippen LogP contribution in [0.4, 0.5) is 0 Å². The van der Waals surface area contributed by atoms with E-state index in [1.54, 1.807) is 42.5 Å². The minimum absolute atomic E-state index is 0.0853. The predicted molar refractivity (Wildman–Crippen MR) is 165 cm³/mol. The number of halogens is 2.